The van der Waals surface area contributed by atoms with Gasteiger partial charge in [-0.3, -0.25) is 19.1 Å². The zero-order chi connectivity index (χ0) is 23.1. The number of carbonyl (C=O) groups excluding carboxylic acids is 1. The topological polar surface area (TPSA) is 149 Å². The Bertz CT molecular complexity index is 1170. The van der Waals surface area contributed by atoms with Gasteiger partial charge in [-0.2, -0.15) is 4.98 Å². The van der Waals surface area contributed by atoms with E-state index in [-0.39, 0.29) is 42.9 Å². The summed E-state index contributed by atoms with van der Waals surface area (Å²) in [6.45, 7) is 2.09. The summed E-state index contributed by atoms with van der Waals surface area (Å²) in [7, 11) is 1.49. The Kier molecular flexibility index (Phi) is 7.84. The van der Waals surface area contributed by atoms with E-state index in [1.807, 2.05) is 30.3 Å². The molecule has 2 aromatic heterocycles. The number of hydrogen-bond donors (Lipinski definition) is 2. The van der Waals surface area contributed by atoms with E-state index >= 15 is 0 Å². The van der Waals surface area contributed by atoms with Crippen LogP contribution in [0.5, 0.6) is 0 Å². The lowest BCUT2D eigenvalue weighted by atomic mass is 10.2. The van der Waals surface area contributed by atoms with E-state index in [1.165, 1.54) is 28.3 Å². The van der Waals surface area contributed by atoms with Crippen molar-refractivity contribution in [3.8, 4) is 0 Å². The second-order valence-corrected chi connectivity index (χ2v) is 7.81. The van der Waals surface area contributed by atoms with Crippen LogP contribution < -0.4 is 21.9 Å². The minimum absolute atomic E-state index is 0.0357. The molecule has 2 heterocycles. The van der Waals surface area contributed by atoms with Gasteiger partial charge in [0.2, 0.25) is 11.8 Å². The van der Waals surface area contributed by atoms with Crippen LogP contribution in [0, 0.1) is 6.92 Å². The average Bonchev–Trinajstić information content (AvgIpc) is 3.19. The number of H-pyrrole nitrogens is 1. The lowest BCUT2D eigenvalue weighted by molar-refractivity contribution is -0.116. The van der Waals surface area contributed by atoms with Crippen LogP contribution in [0.15, 0.2) is 44.4 Å². The van der Waals surface area contributed by atoms with Gasteiger partial charge in [0.05, 0.1) is 24.7 Å². The van der Waals surface area contributed by atoms with Crippen LogP contribution in [0.25, 0.3) is 0 Å². The number of nitrogen functional groups attached to an aromatic ring is 1. The molecule has 0 saturated carbocycles. The van der Waals surface area contributed by atoms with Crippen LogP contribution in [-0.2, 0) is 21.8 Å². The molecule has 0 spiro atoms. The van der Waals surface area contributed by atoms with Crippen LogP contribution in [0.4, 0.5) is 11.5 Å². The fraction of sp³-hybridized carbons (Fsp3) is 0.350. The molecule has 32 heavy (non-hydrogen) atoms. The number of aryl methyl sites for hydroxylation is 1. The van der Waals surface area contributed by atoms with Gasteiger partial charge in [-0.15, -0.1) is 11.8 Å². The average molecular weight is 461 g/mol. The maximum absolute atomic E-state index is 13.0. The Labute approximate surface area is 187 Å². The molecule has 0 saturated heterocycles. The third-order valence-electron chi connectivity index (χ3n) is 4.51. The van der Waals surface area contributed by atoms with Crippen molar-refractivity contribution in [2.45, 2.75) is 19.2 Å². The number of nitrogens with zero attached hydrogens (tertiary/aromatic N) is 4. The number of amides is 1. The van der Waals surface area contributed by atoms with Crippen LogP contribution in [0.2, 0.25) is 0 Å². The van der Waals surface area contributed by atoms with Gasteiger partial charge in [-0.1, -0.05) is 35.5 Å². The molecule has 1 amide bonds. The lowest BCUT2D eigenvalue weighted by Crippen LogP contribution is -2.43. The number of ether oxygens (including phenoxy) is 1. The van der Waals surface area contributed by atoms with Gasteiger partial charge in [0.1, 0.15) is 5.82 Å². The van der Waals surface area contributed by atoms with Crippen molar-refractivity contribution in [3.63, 3.8) is 0 Å². The summed E-state index contributed by atoms with van der Waals surface area (Å²) in [6, 6.07) is 9.19. The van der Waals surface area contributed by atoms with Crippen LogP contribution in [-0.4, -0.2) is 51.6 Å². The maximum Gasteiger partial charge on any atom is 0.330 e. The highest BCUT2D eigenvalue weighted by atomic mass is 32.2. The molecule has 0 unspecified atom stereocenters. The second kappa shape index (κ2) is 10.8. The zero-order valence-electron chi connectivity index (χ0n) is 17.7. The van der Waals surface area contributed by atoms with Crippen molar-refractivity contribution in [1.82, 2.24) is 19.7 Å². The standard InChI is InChI=1S/C20H24N6O5S/c1-13-22-15(24-31-13)11-32-12-16(27)25(8-9-30-2)17-18(21)26(20(29)23-19(17)28)10-14-6-4-3-5-7-14/h3-7H,8-12,21H2,1-2H3,(H,23,28,29). The van der Waals surface area contributed by atoms with E-state index in [4.69, 9.17) is 15.0 Å². The van der Waals surface area contributed by atoms with Crippen LogP contribution in [0.3, 0.4) is 0 Å². The summed E-state index contributed by atoms with van der Waals surface area (Å²) in [5.41, 5.74) is 5.58. The van der Waals surface area contributed by atoms with Crippen molar-refractivity contribution >= 4 is 29.2 Å². The Morgan fingerprint density at radius 2 is 2.06 bits per heavy atom. The van der Waals surface area contributed by atoms with Crippen LogP contribution in [0.1, 0.15) is 17.3 Å². The Morgan fingerprint density at radius 1 is 1.31 bits per heavy atom. The van der Waals surface area contributed by atoms with Crippen molar-refractivity contribution < 1.29 is 14.1 Å². The van der Waals surface area contributed by atoms with Crippen molar-refractivity contribution in [2.24, 2.45) is 0 Å². The molecule has 0 radical (unpaired) electrons. The quantitative estimate of drug-likeness (QED) is 0.447. The number of nitrogens with one attached hydrogen (secondary N) is 1. The smallest absolute Gasteiger partial charge is 0.330 e. The molecule has 11 nitrogen and oxygen atoms in total. The highest BCUT2D eigenvalue weighted by Crippen LogP contribution is 2.20. The van der Waals surface area contributed by atoms with Gasteiger partial charge in [0.25, 0.3) is 5.56 Å². The predicted molar refractivity (Wildman–Crippen MR) is 121 cm³/mol. The summed E-state index contributed by atoms with van der Waals surface area (Å²) in [6.07, 6.45) is 0. The molecule has 0 atom stereocenters. The largest absolute Gasteiger partial charge is 0.383 e. The number of methoxy groups -OCH3 is 1. The fourth-order valence-electron chi connectivity index (χ4n) is 3.01. The third kappa shape index (κ3) is 5.65. The van der Waals surface area contributed by atoms with E-state index in [2.05, 4.69) is 15.1 Å². The van der Waals surface area contributed by atoms with E-state index in [1.54, 1.807) is 6.92 Å². The number of thioether (sulfide) groups is 1. The molecule has 0 aliphatic heterocycles. The molecule has 0 bridgehead atoms. The number of aromatic nitrogens is 4. The number of rotatable bonds is 10. The number of aromatic amines is 1. The first-order valence-corrected chi connectivity index (χ1v) is 10.9. The van der Waals surface area contributed by atoms with Gasteiger partial charge in [-0.05, 0) is 5.56 Å². The number of anilines is 2. The Balaban J connectivity index is 1.86. The molecule has 3 aromatic rings. The molecule has 0 aliphatic carbocycles. The summed E-state index contributed by atoms with van der Waals surface area (Å²) in [5.74, 6) is 0.848. The third-order valence-corrected chi connectivity index (χ3v) is 5.43. The van der Waals surface area contributed by atoms with E-state index < -0.39 is 11.2 Å². The first-order valence-electron chi connectivity index (χ1n) is 9.73. The summed E-state index contributed by atoms with van der Waals surface area (Å²) in [5, 5.41) is 3.79. The van der Waals surface area contributed by atoms with Gasteiger partial charge in [-0.25, -0.2) is 4.79 Å². The molecular weight excluding hydrogens is 436 g/mol. The first-order chi connectivity index (χ1) is 15.4. The SMILES string of the molecule is COCCN(C(=O)CSCc1noc(C)n1)c1c(N)n(Cc2ccccc2)c(=O)[nH]c1=O. The number of benzene rings is 1. The molecule has 12 heteroatoms. The molecule has 0 fully saturated rings. The summed E-state index contributed by atoms with van der Waals surface area (Å²) in [4.78, 5) is 45.7. The van der Waals surface area contributed by atoms with Crippen molar-refractivity contribution in [1.29, 1.82) is 0 Å². The van der Waals surface area contributed by atoms with Gasteiger partial charge in [0.15, 0.2) is 11.5 Å². The number of hydrogen-bond acceptors (Lipinski definition) is 9. The van der Waals surface area contributed by atoms with Gasteiger partial charge in [0, 0.05) is 20.6 Å². The second-order valence-electron chi connectivity index (χ2n) is 6.83. The molecule has 1 aromatic carbocycles. The zero-order valence-corrected chi connectivity index (χ0v) is 18.6. The van der Waals surface area contributed by atoms with Crippen molar-refractivity contribution in [2.75, 3.05) is 36.6 Å². The maximum atomic E-state index is 13.0. The van der Waals surface area contributed by atoms with Crippen molar-refractivity contribution in [3.05, 3.63) is 68.4 Å². The Morgan fingerprint density at radius 3 is 2.72 bits per heavy atom. The Hall–Kier alpha value is -3.38. The molecule has 170 valence electrons. The summed E-state index contributed by atoms with van der Waals surface area (Å²) < 4.78 is 11.2. The van der Waals surface area contributed by atoms with Gasteiger partial charge < -0.3 is 19.9 Å². The highest BCUT2D eigenvalue weighted by molar-refractivity contribution is 7.99. The lowest BCUT2D eigenvalue weighted by Gasteiger charge is -2.24. The van der Waals surface area contributed by atoms with Crippen LogP contribution >= 0.6 is 11.8 Å². The van der Waals surface area contributed by atoms with E-state index in [0.29, 0.717) is 17.5 Å². The molecule has 0 aliphatic rings. The molecule has 3 rings (SSSR count). The molecular formula is C20H24N6O5S. The monoisotopic (exact) mass is 460 g/mol. The minimum Gasteiger partial charge on any atom is -0.383 e. The van der Waals surface area contributed by atoms with Gasteiger partial charge >= 0.3 is 5.69 Å². The van der Waals surface area contributed by atoms with E-state index in [0.717, 1.165) is 5.56 Å². The van der Waals surface area contributed by atoms with E-state index in [9.17, 15) is 14.4 Å². The normalized spacial score (nSPS) is 10.9. The number of carbonyl (C=O) groups is 1. The summed E-state index contributed by atoms with van der Waals surface area (Å²) >= 11 is 1.27. The predicted octanol–water partition coefficient (Wildman–Crippen LogP) is 0.771. The first kappa shape index (κ1) is 23.3. The minimum atomic E-state index is -0.736. The highest BCUT2D eigenvalue weighted by Gasteiger charge is 2.24. The fourth-order valence-corrected chi connectivity index (χ4v) is 3.74. The molecule has 3 N–H and O–H groups in total. The number of nitrogens with two attached hydrogens (primary N) is 1.